The van der Waals surface area contributed by atoms with Crippen LogP contribution in [0.15, 0.2) is 47.4 Å². The number of hydrogen-bond acceptors (Lipinski definition) is 5. The van der Waals surface area contributed by atoms with E-state index in [4.69, 9.17) is 21.7 Å². The number of thioether (sulfide) groups is 1. The molecule has 7 heteroatoms. The van der Waals surface area contributed by atoms with Crippen LogP contribution in [0, 0.1) is 5.92 Å². The number of aromatic nitrogens is 1. The van der Waals surface area contributed by atoms with Crippen LogP contribution < -0.4 is 4.90 Å². The highest BCUT2D eigenvalue weighted by atomic mass is 35.5. The normalized spacial score (nSPS) is 16.0. The van der Waals surface area contributed by atoms with Gasteiger partial charge in [0, 0.05) is 23.0 Å². The molecule has 1 fully saturated rings. The van der Waals surface area contributed by atoms with Crippen LogP contribution in [0.1, 0.15) is 44.1 Å². The van der Waals surface area contributed by atoms with E-state index in [9.17, 15) is 4.79 Å². The average Bonchev–Trinajstić information content (AvgIpc) is 3.17. The minimum atomic E-state index is -0.746. The molecular formula is C24H27ClN2O2S2. The highest BCUT2D eigenvalue weighted by Gasteiger charge is 2.21. The number of carboxylic acids is 1. The Hall–Kier alpha value is -1.76. The number of hydrogen-bond donors (Lipinski definition) is 1. The van der Waals surface area contributed by atoms with Crippen LogP contribution in [0.2, 0.25) is 5.02 Å². The summed E-state index contributed by atoms with van der Waals surface area (Å²) in [6, 6.07) is 14.3. The molecule has 4 nitrogen and oxygen atoms in total. The summed E-state index contributed by atoms with van der Waals surface area (Å²) in [4.78, 5) is 19.3. The van der Waals surface area contributed by atoms with E-state index < -0.39 is 5.97 Å². The van der Waals surface area contributed by atoms with Gasteiger partial charge in [0.15, 0.2) is 5.13 Å². The monoisotopic (exact) mass is 474 g/mol. The molecule has 1 unspecified atom stereocenters. The lowest BCUT2D eigenvalue weighted by molar-refractivity contribution is -0.137. The van der Waals surface area contributed by atoms with Gasteiger partial charge >= 0.3 is 5.97 Å². The van der Waals surface area contributed by atoms with E-state index >= 15 is 0 Å². The molecule has 0 saturated carbocycles. The molecule has 1 N–H and O–H groups in total. The molecule has 31 heavy (non-hydrogen) atoms. The summed E-state index contributed by atoms with van der Waals surface area (Å²) < 4.78 is 1.16. The van der Waals surface area contributed by atoms with Crippen LogP contribution in [-0.2, 0) is 4.79 Å². The maximum absolute atomic E-state index is 10.9. The molecular weight excluding hydrogens is 448 g/mol. The van der Waals surface area contributed by atoms with Gasteiger partial charge in [0.25, 0.3) is 0 Å². The zero-order chi connectivity index (χ0) is 21.8. The summed E-state index contributed by atoms with van der Waals surface area (Å²) in [5, 5.41) is 10.8. The first-order valence-corrected chi connectivity index (χ1v) is 12.9. The Bertz CT molecular complexity index is 1030. The zero-order valence-electron chi connectivity index (χ0n) is 17.6. The van der Waals surface area contributed by atoms with Gasteiger partial charge in [-0.1, -0.05) is 42.0 Å². The molecule has 4 rings (SSSR count). The van der Waals surface area contributed by atoms with Gasteiger partial charge in [-0.2, -0.15) is 0 Å². The van der Waals surface area contributed by atoms with Crippen LogP contribution >= 0.6 is 34.7 Å². The molecule has 0 aliphatic carbocycles. The standard InChI is InChI=1S/C24H27ClN2O2S2/c1-16(14-23(28)29)18-2-5-20(6-3-18)30-13-10-17-8-11-27(12-9-17)24-26-21-7-4-19(25)15-22(21)31-24/h2-7,15-17H,8-14H2,1H3,(H,28,29). The summed E-state index contributed by atoms with van der Waals surface area (Å²) in [6.07, 6.45) is 3.83. The van der Waals surface area contributed by atoms with Crippen LogP contribution in [0.3, 0.4) is 0 Å². The Balaban J connectivity index is 1.22. The van der Waals surface area contributed by atoms with Crippen molar-refractivity contribution in [2.75, 3.05) is 23.7 Å². The van der Waals surface area contributed by atoms with E-state index in [1.807, 2.05) is 36.9 Å². The number of aliphatic carboxylic acids is 1. The van der Waals surface area contributed by atoms with E-state index in [1.165, 1.54) is 24.2 Å². The second kappa shape index (κ2) is 10.2. The van der Waals surface area contributed by atoms with Crippen molar-refractivity contribution < 1.29 is 9.90 Å². The van der Waals surface area contributed by atoms with Crippen molar-refractivity contribution in [1.82, 2.24) is 4.98 Å². The third kappa shape index (κ3) is 5.93. The molecule has 1 aliphatic heterocycles. The molecule has 1 saturated heterocycles. The van der Waals surface area contributed by atoms with Crippen molar-refractivity contribution in [3.05, 3.63) is 53.1 Å². The molecule has 0 radical (unpaired) electrons. The van der Waals surface area contributed by atoms with Gasteiger partial charge in [0.05, 0.1) is 16.6 Å². The zero-order valence-corrected chi connectivity index (χ0v) is 20.0. The Morgan fingerprint density at radius 1 is 1.26 bits per heavy atom. The number of thiazole rings is 1. The SMILES string of the molecule is CC(CC(=O)O)c1ccc(SCCC2CCN(c3nc4ccc(Cl)cc4s3)CC2)cc1. The van der Waals surface area contributed by atoms with E-state index in [1.54, 1.807) is 11.3 Å². The van der Waals surface area contributed by atoms with Gasteiger partial charge in [0.1, 0.15) is 0 Å². The Morgan fingerprint density at radius 3 is 2.71 bits per heavy atom. The van der Waals surface area contributed by atoms with Crippen molar-refractivity contribution in [2.24, 2.45) is 5.92 Å². The van der Waals surface area contributed by atoms with Gasteiger partial charge in [-0.05, 0) is 72.7 Å². The van der Waals surface area contributed by atoms with E-state index in [2.05, 4.69) is 29.2 Å². The predicted octanol–water partition coefficient (Wildman–Crippen LogP) is 6.93. The molecule has 0 bridgehead atoms. The van der Waals surface area contributed by atoms with Gasteiger partial charge in [-0.15, -0.1) is 11.8 Å². The van der Waals surface area contributed by atoms with Crippen LogP contribution in [-0.4, -0.2) is 34.9 Å². The molecule has 0 amide bonds. The summed E-state index contributed by atoms with van der Waals surface area (Å²) in [7, 11) is 0. The lowest BCUT2D eigenvalue weighted by Crippen LogP contribution is -2.33. The Labute approximate surface area is 196 Å². The summed E-state index contributed by atoms with van der Waals surface area (Å²) >= 11 is 9.74. The maximum Gasteiger partial charge on any atom is 0.303 e. The minimum absolute atomic E-state index is 0.0501. The van der Waals surface area contributed by atoms with Crippen molar-refractivity contribution in [2.45, 2.75) is 43.4 Å². The van der Waals surface area contributed by atoms with E-state index in [0.29, 0.717) is 0 Å². The fourth-order valence-electron chi connectivity index (χ4n) is 4.05. The number of carbonyl (C=O) groups is 1. The highest BCUT2D eigenvalue weighted by Crippen LogP contribution is 2.34. The molecule has 3 aromatic rings. The number of nitrogens with zero attached hydrogens (tertiary/aromatic N) is 2. The second-order valence-electron chi connectivity index (χ2n) is 8.24. The summed E-state index contributed by atoms with van der Waals surface area (Å²) in [6.45, 7) is 4.10. The predicted molar refractivity (Wildman–Crippen MR) is 132 cm³/mol. The van der Waals surface area contributed by atoms with E-state index in [0.717, 1.165) is 50.7 Å². The minimum Gasteiger partial charge on any atom is -0.481 e. The van der Waals surface area contributed by atoms with Crippen LogP contribution in [0.4, 0.5) is 5.13 Å². The van der Waals surface area contributed by atoms with Crippen LogP contribution in [0.25, 0.3) is 10.2 Å². The molecule has 1 aromatic heterocycles. The summed E-state index contributed by atoms with van der Waals surface area (Å²) in [5.41, 5.74) is 2.13. The fourth-order valence-corrected chi connectivity index (χ4v) is 6.36. The smallest absolute Gasteiger partial charge is 0.303 e. The molecule has 164 valence electrons. The first-order valence-electron chi connectivity index (χ1n) is 10.7. The van der Waals surface area contributed by atoms with Crippen molar-refractivity contribution in [3.63, 3.8) is 0 Å². The molecule has 0 spiro atoms. The first kappa shape index (κ1) is 22.4. The molecule has 2 heterocycles. The molecule has 1 atom stereocenters. The quantitative estimate of drug-likeness (QED) is 0.359. The lowest BCUT2D eigenvalue weighted by atomic mass is 9.95. The number of carboxylic acid groups (broad SMARTS) is 1. The Kier molecular flexibility index (Phi) is 7.41. The largest absolute Gasteiger partial charge is 0.481 e. The number of anilines is 1. The van der Waals surface area contributed by atoms with Gasteiger partial charge in [-0.3, -0.25) is 4.79 Å². The van der Waals surface area contributed by atoms with Crippen molar-refractivity contribution in [1.29, 1.82) is 0 Å². The van der Waals surface area contributed by atoms with Crippen LogP contribution in [0.5, 0.6) is 0 Å². The Morgan fingerprint density at radius 2 is 2.00 bits per heavy atom. The number of halogens is 1. The number of benzene rings is 2. The topological polar surface area (TPSA) is 53.4 Å². The van der Waals surface area contributed by atoms with Crippen molar-refractivity contribution in [3.8, 4) is 0 Å². The van der Waals surface area contributed by atoms with Gasteiger partial charge in [-0.25, -0.2) is 4.98 Å². The van der Waals surface area contributed by atoms with Gasteiger partial charge in [0.2, 0.25) is 0 Å². The number of rotatable bonds is 8. The number of piperidine rings is 1. The lowest BCUT2D eigenvalue weighted by Gasteiger charge is -2.31. The maximum atomic E-state index is 10.9. The number of fused-ring (bicyclic) bond motifs is 1. The average molecular weight is 475 g/mol. The first-order chi connectivity index (χ1) is 15.0. The third-order valence-electron chi connectivity index (χ3n) is 5.95. The fraction of sp³-hybridized carbons (Fsp3) is 0.417. The third-order valence-corrected chi connectivity index (χ3v) is 8.31. The summed E-state index contributed by atoms with van der Waals surface area (Å²) in [5.74, 6) is 1.19. The molecule has 2 aromatic carbocycles. The highest BCUT2D eigenvalue weighted by molar-refractivity contribution is 7.99. The second-order valence-corrected chi connectivity index (χ2v) is 10.9. The van der Waals surface area contributed by atoms with E-state index in [-0.39, 0.29) is 12.3 Å². The van der Waals surface area contributed by atoms with Gasteiger partial charge < -0.3 is 10.0 Å². The van der Waals surface area contributed by atoms with Crippen molar-refractivity contribution >= 4 is 56.0 Å². The molecule has 1 aliphatic rings.